The summed E-state index contributed by atoms with van der Waals surface area (Å²) in [7, 11) is 0. The number of hydrogen-bond donors (Lipinski definition) is 0. The number of amides is 1. The average Bonchev–Trinajstić information content (AvgIpc) is 2.29. The van der Waals surface area contributed by atoms with Gasteiger partial charge in [0, 0.05) is 44.9 Å². The van der Waals surface area contributed by atoms with Crippen LogP contribution in [0.4, 0.5) is 5.82 Å². The SMILES string of the molecule is CC(=O)N1CCN(c2cc(C)ncn2)CC1. The van der Waals surface area contributed by atoms with E-state index in [4.69, 9.17) is 0 Å². The monoisotopic (exact) mass is 220 g/mol. The molecular formula is C11H16N4O. The zero-order valence-electron chi connectivity index (χ0n) is 9.68. The number of aromatic nitrogens is 2. The molecule has 2 heterocycles. The molecule has 1 aromatic heterocycles. The summed E-state index contributed by atoms with van der Waals surface area (Å²) in [5, 5.41) is 0. The van der Waals surface area contributed by atoms with Gasteiger partial charge in [0.2, 0.25) is 5.91 Å². The first kappa shape index (κ1) is 10.9. The second-order valence-corrected chi connectivity index (χ2v) is 4.01. The third kappa shape index (κ3) is 2.29. The predicted octanol–water partition coefficient (Wildman–Crippen LogP) is 0.454. The Morgan fingerprint density at radius 3 is 2.50 bits per heavy atom. The van der Waals surface area contributed by atoms with Gasteiger partial charge in [0.15, 0.2) is 0 Å². The van der Waals surface area contributed by atoms with E-state index in [0.29, 0.717) is 0 Å². The molecule has 0 unspecified atom stereocenters. The standard InChI is InChI=1S/C11H16N4O/c1-9-7-11(13-8-12-9)15-5-3-14(4-6-15)10(2)16/h7-8H,3-6H2,1-2H3. The minimum absolute atomic E-state index is 0.151. The first-order chi connectivity index (χ1) is 7.66. The van der Waals surface area contributed by atoms with Crippen LogP contribution in [0, 0.1) is 6.92 Å². The molecule has 0 bridgehead atoms. The van der Waals surface area contributed by atoms with Crippen molar-refractivity contribution in [2.75, 3.05) is 31.1 Å². The maximum atomic E-state index is 11.2. The van der Waals surface area contributed by atoms with Gasteiger partial charge in [-0.15, -0.1) is 0 Å². The van der Waals surface area contributed by atoms with E-state index in [0.717, 1.165) is 37.7 Å². The Balaban J connectivity index is 2.01. The lowest BCUT2D eigenvalue weighted by Gasteiger charge is -2.34. The molecule has 1 saturated heterocycles. The Hall–Kier alpha value is -1.65. The van der Waals surface area contributed by atoms with Crippen LogP contribution < -0.4 is 4.90 Å². The summed E-state index contributed by atoms with van der Waals surface area (Å²) in [6, 6.07) is 1.98. The normalized spacial score (nSPS) is 16.4. The predicted molar refractivity (Wildman–Crippen MR) is 61.2 cm³/mol. The Labute approximate surface area is 95.1 Å². The van der Waals surface area contributed by atoms with Crippen molar-refractivity contribution in [1.82, 2.24) is 14.9 Å². The summed E-state index contributed by atoms with van der Waals surface area (Å²) in [6.45, 7) is 6.81. The number of rotatable bonds is 1. The molecule has 2 rings (SSSR count). The molecule has 0 radical (unpaired) electrons. The summed E-state index contributed by atoms with van der Waals surface area (Å²) < 4.78 is 0. The molecule has 0 saturated carbocycles. The van der Waals surface area contributed by atoms with E-state index in [1.165, 1.54) is 0 Å². The van der Waals surface area contributed by atoms with Crippen molar-refractivity contribution in [2.45, 2.75) is 13.8 Å². The molecule has 1 aromatic rings. The molecule has 1 amide bonds. The first-order valence-corrected chi connectivity index (χ1v) is 5.46. The van der Waals surface area contributed by atoms with Crippen LogP contribution in [0.2, 0.25) is 0 Å². The largest absolute Gasteiger partial charge is 0.353 e. The smallest absolute Gasteiger partial charge is 0.219 e. The van der Waals surface area contributed by atoms with Gasteiger partial charge in [-0.1, -0.05) is 0 Å². The molecular weight excluding hydrogens is 204 g/mol. The van der Waals surface area contributed by atoms with Crippen LogP contribution in [0.3, 0.4) is 0 Å². The van der Waals surface area contributed by atoms with Crippen LogP contribution in [0.5, 0.6) is 0 Å². The van der Waals surface area contributed by atoms with Crippen molar-refractivity contribution in [3.05, 3.63) is 18.1 Å². The van der Waals surface area contributed by atoms with E-state index in [2.05, 4.69) is 14.9 Å². The van der Waals surface area contributed by atoms with E-state index in [-0.39, 0.29) is 5.91 Å². The number of aryl methyl sites for hydroxylation is 1. The third-order valence-corrected chi connectivity index (χ3v) is 2.84. The van der Waals surface area contributed by atoms with E-state index in [1.54, 1.807) is 13.3 Å². The number of piperazine rings is 1. The quantitative estimate of drug-likeness (QED) is 0.689. The highest BCUT2D eigenvalue weighted by atomic mass is 16.2. The Kier molecular flexibility index (Phi) is 3.03. The Morgan fingerprint density at radius 1 is 1.25 bits per heavy atom. The van der Waals surface area contributed by atoms with E-state index >= 15 is 0 Å². The molecule has 0 aliphatic carbocycles. The van der Waals surface area contributed by atoms with Crippen LogP contribution in [-0.4, -0.2) is 47.0 Å². The molecule has 86 valence electrons. The Bertz CT molecular complexity index is 385. The molecule has 16 heavy (non-hydrogen) atoms. The fourth-order valence-corrected chi connectivity index (χ4v) is 1.86. The minimum Gasteiger partial charge on any atom is -0.353 e. The number of anilines is 1. The van der Waals surface area contributed by atoms with Gasteiger partial charge < -0.3 is 9.80 Å². The maximum absolute atomic E-state index is 11.2. The van der Waals surface area contributed by atoms with Gasteiger partial charge in [-0.25, -0.2) is 9.97 Å². The molecule has 0 N–H and O–H groups in total. The van der Waals surface area contributed by atoms with Crippen LogP contribution in [0.1, 0.15) is 12.6 Å². The van der Waals surface area contributed by atoms with Crippen molar-refractivity contribution in [1.29, 1.82) is 0 Å². The molecule has 0 atom stereocenters. The lowest BCUT2D eigenvalue weighted by molar-refractivity contribution is -0.129. The molecule has 5 nitrogen and oxygen atoms in total. The van der Waals surface area contributed by atoms with Crippen molar-refractivity contribution in [2.24, 2.45) is 0 Å². The second kappa shape index (κ2) is 4.47. The van der Waals surface area contributed by atoms with Gasteiger partial charge in [-0.3, -0.25) is 4.79 Å². The van der Waals surface area contributed by atoms with Crippen LogP contribution >= 0.6 is 0 Å². The molecule has 0 aromatic carbocycles. The van der Waals surface area contributed by atoms with Crippen molar-refractivity contribution in [3.8, 4) is 0 Å². The molecule has 1 aliphatic heterocycles. The van der Waals surface area contributed by atoms with Crippen molar-refractivity contribution < 1.29 is 4.79 Å². The highest BCUT2D eigenvalue weighted by Crippen LogP contribution is 2.13. The minimum atomic E-state index is 0.151. The van der Waals surface area contributed by atoms with Crippen LogP contribution in [0.25, 0.3) is 0 Å². The fraction of sp³-hybridized carbons (Fsp3) is 0.545. The van der Waals surface area contributed by atoms with Gasteiger partial charge in [-0.05, 0) is 6.92 Å². The third-order valence-electron chi connectivity index (χ3n) is 2.84. The topological polar surface area (TPSA) is 49.3 Å². The van der Waals surface area contributed by atoms with Gasteiger partial charge in [-0.2, -0.15) is 0 Å². The van der Waals surface area contributed by atoms with Crippen molar-refractivity contribution in [3.63, 3.8) is 0 Å². The van der Waals surface area contributed by atoms with Crippen molar-refractivity contribution >= 4 is 11.7 Å². The first-order valence-electron chi connectivity index (χ1n) is 5.46. The molecule has 1 fully saturated rings. The number of carbonyl (C=O) groups excluding carboxylic acids is 1. The van der Waals surface area contributed by atoms with Gasteiger partial charge in [0.25, 0.3) is 0 Å². The Morgan fingerprint density at radius 2 is 1.94 bits per heavy atom. The van der Waals surface area contributed by atoms with E-state index < -0.39 is 0 Å². The highest BCUT2D eigenvalue weighted by molar-refractivity contribution is 5.73. The summed E-state index contributed by atoms with van der Waals surface area (Å²) >= 11 is 0. The number of hydrogen-bond acceptors (Lipinski definition) is 4. The average molecular weight is 220 g/mol. The number of carbonyl (C=O) groups is 1. The molecule has 1 aliphatic rings. The van der Waals surface area contributed by atoms with Gasteiger partial charge in [0.05, 0.1) is 0 Å². The fourth-order valence-electron chi connectivity index (χ4n) is 1.86. The zero-order valence-corrected chi connectivity index (χ0v) is 9.68. The summed E-state index contributed by atoms with van der Waals surface area (Å²) in [4.78, 5) is 23.6. The second-order valence-electron chi connectivity index (χ2n) is 4.01. The maximum Gasteiger partial charge on any atom is 0.219 e. The lowest BCUT2D eigenvalue weighted by Crippen LogP contribution is -2.48. The summed E-state index contributed by atoms with van der Waals surface area (Å²) in [6.07, 6.45) is 1.59. The van der Waals surface area contributed by atoms with Crippen LogP contribution in [-0.2, 0) is 4.79 Å². The van der Waals surface area contributed by atoms with Gasteiger partial charge >= 0.3 is 0 Å². The number of nitrogens with zero attached hydrogens (tertiary/aromatic N) is 4. The molecule has 0 spiro atoms. The van der Waals surface area contributed by atoms with E-state index in [1.807, 2.05) is 17.9 Å². The summed E-state index contributed by atoms with van der Waals surface area (Å²) in [5.41, 5.74) is 0.971. The van der Waals surface area contributed by atoms with E-state index in [9.17, 15) is 4.79 Å². The highest BCUT2D eigenvalue weighted by Gasteiger charge is 2.19. The lowest BCUT2D eigenvalue weighted by atomic mass is 10.3. The van der Waals surface area contributed by atoms with Gasteiger partial charge in [0.1, 0.15) is 12.1 Å². The molecule has 5 heteroatoms. The zero-order chi connectivity index (χ0) is 11.5. The summed E-state index contributed by atoms with van der Waals surface area (Å²) in [5.74, 6) is 1.11. The van der Waals surface area contributed by atoms with Crippen LogP contribution in [0.15, 0.2) is 12.4 Å².